The number of allylic oxidation sites excluding steroid dienone is 1. The van der Waals surface area contributed by atoms with E-state index in [4.69, 9.17) is 4.74 Å². The zero-order valence-electron chi connectivity index (χ0n) is 9.50. The van der Waals surface area contributed by atoms with Crippen LogP contribution in [0.3, 0.4) is 0 Å². The first kappa shape index (κ1) is 20.0. The van der Waals surface area contributed by atoms with Gasteiger partial charge in [-0.1, -0.05) is 0 Å². The summed E-state index contributed by atoms with van der Waals surface area (Å²) in [6, 6.07) is 8.76. The first-order valence-electron chi connectivity index (χ1n) is 4.91. The normalized spacial score (nSPS) is 14.8. The number of rotatable bonds is 4. The van der Waals surface area contributed by atoms with Crippen LogP contribution in [0.1, 0.15) is 14.8 Å². The number of fused-ring (bicyclic) bond motifs is 1. The van der Waals surface area contributed by atoms with Crippen LogP contribution in [-0.2, 0) is 27.6 Å². The molecule has 0 saturated carbocycles. The summed E-state index contributed by atoms with van der Waals surface area (Å²) < 4.78 is 7.25. The van der Waals surface area contributed by atoms with E-state index < -0.39 is 22.9 Å². The molecule has 93 valence electrons. The van der Waals surface area contributed by atoms with Crippen LogP contribution >= 0.6 is 0 Å². The van der Waals surface area contributed by atoms with E-state index in [1.807, 2.05) is 0 Å². The number of ether oxygens (including phenoxy) is 1. The van der Waals surface area contributed by atoms with Crippen molar-refractivity contribution in [3.63, 3.8) is 0 Å². The van der Waals surface area contributed by atoms with E-state index in [2.05, 4.69) is 36.4 Å². The number of benzene rings is 1. The van der Waals surface area contributed by atoms with Crippen molar-refractivity contribution in [3.05, 3.63) is 41.5 Å². The Hall–Kier alpha value is 0.660. The fraction of sp³-hybridized carbons (Fsp3) is 0.333. The third-order valence-electron chi connectivity index (χ3n) is 2.47. The zero-order valence-corrected chi connectivity index (χ0v) is 15.4. The first-order chi connectivity index (χ1) is 6.92. The predicted octanol–water partition coefficient (Wildman–Crippen LogP) is -6.09. The summed E-state index contributed by atoms with van der Waals surface area (Å²) in [5, 5.41) is 0. The molecular weight excluding hydrogens is 445 g/mol. The van der Waals surface area contributed by atoms with Crippen molar-refractivity contribution in [1.29, 1.82) is 0 Å². The van der Waals surface area contributed by atoms with Gasteiger partial charge in [0.25, 0.3) is 0 Å². The van der Waals surface area contributed by atoms with Crippen LogP contribution < -0.4 is 37.2 Å². The molecule has 0 N–H and O–H groups in total. The second-order valence-electron chi connectivity index (χ2n) is 3.41. The minimum atomic E-state index is -0.540. The molecule has 1 aromatic carbocycles. The molecule has 5 heteroatoms. The van der Waals surface area contributed by atoms with Gasteiger partial charge in [0.1, 0.15) is 0 Å². The van der Waals surface area contributed by atoms with Crippen molar-refractivity contribution >= 4 is 6.08 Å². The van der Waals surface area contributed by atoms with Gasteiger partial charge in [-0.2, -0.15) is 0 Å². The molecule has 0 spiro atoms. The molecule has 1 aliphatic rings. The SMILES string of the molecule is COC[CH2][Hf+3][CH]1C=Cc2ccccc21.[Cl-].[Cl-].[Cl-]. The zero-order chi connectivity index (χ0) is 9.80. The maximum absolute atomic E-state index is 5.11. The maximum Gasteiger partial charge on any atom is -1.00 e. The van der Waals surface area contributed by atoms with Gasteiger partial charge in [0.15, 0.2) is 0 Å². The van der Waals surface area contributed by atoms with E-state index in [1.54, 1.807) is 12.7 Å². The summed E-state index contributed by atoms with van der Waals surface area (Å²) in [6.45, 7) is 0.954. The molecule has 1 aromatic rings. The van der Waals surface area contributed by atoms with Gasteiger partial charge in [-0.05, 0) is 0 Å². The van der Waals surface area contributed by atoms with Gasteiger partial charge in [-0.25, -0.2) is 0 Å². The molecule has 1 nitrogen and oxygen atoms in total. The van der Waals surface area contributed by atoms with Gasteiger partial charge in [0.05, 0.1) is 0 Å². The molecular formula is C12H14Cl3HfO. The Morgan fingerprint density at radius 2 is 1.88 bits per heavy atom. The van der Waals surface area contributed by atoms with E-state index >= 15 is 0 Å². The Morgan fingerprint density at radius 1 is 1.18 bits per heavy atom. The van der Waals surface area contributed by atoms with Crippen molar-refractivity contribution < 1.29 is 64.9 Å². The molecule has 2 rings (SSSR count). The van der Waals surface area contributed by atoms with Gasteiger partial charge < -0.3 is 37.2 Å². The Labute approximate surface area is 133 Å². The molecule has 1 aliphatic carbocycles. The van der Waals surface area contributed by atoms with Crippen LogP contribution in [0.2, 0.25) is 4.18 Å². The predicted molar refractivity (Wildman–Crippen MR) is 54.9 cm³/mol. The topological polar surface area (TPSA) is 9.23 Å². The van der Waals surface area contributed by atoms with Crippen molar-refractivity contribution in [2.45, 2.75) is 7.85 Å². The Kier molecular flexibility index (Phi) is 12.4. The standard InChI is InChI=1S/C9H7.C3H7O.3ClH.Hf/c1-2-5-9-7-3-6-8(9)4-1;1-3-4-2;;;;/h1-7H;1,3H2,2H3;3*1H;/q;;;;;+3/p-3. The Morgan fingerprint density at radius 3 is 2.59 bits per heavy atom. The van der Waals surface area contributed by atoms with E-state index in [0.717, 1.165) is 10.3 Å². The molecule has 0 aromatic heterocycles. The van der Waals surface area contributed by atoms with Crippen molar-refractivity contribution in [3.8, 4) is 0 Å². The minimum absolute atomic E-state index is 0. The molecule has 17 heavy (non-hydrogen) atoms. The molecule has 0 amide bonds. The number of hydrogen-bond donors (Lipinski definition) is 0. The fourth-order valence-corrected chi connectivity index (χ4v) is 6.59. The van der Waals surface area contributed by atoms with E-state index in [1.165, 1.54) is 9.74 Å². The quantitative estimate of drug-likeness (QED) is 0.322. The Bertz CT molecular complexity index is 344. The average Bonchev–Trinajstić information content (AvgIpc) is 2.63. The Balaban J connectivity index is 0. The summed E-state index contributed by atoms with van der Waals surface area (Å²) in [7, 11) is 1.79. The molecule has 0 aliphatic heterocycles. The summed E-state index contributed by atoms with van der Waals surface area (Å²) in [5.74, 6) is 0. The molecule has 0 radical (unpaired) electrons. The van der Waals surface area contributed by atoms with Crippen LogP contribution in [0.5, 0.6) is 0 Å². The van der Waals surface area contributed by atoms with Crippen molar-refractivity contribution in [1.82, 2.24) is 0 Å². The monoisotopic (exact) mass is 459 g/mol. The van der Waals surface area contributed by atoms with Gasteiger partial charge in [-0.3, -0.25) is 0 Å². The average molecular weight is 459 g/mol. The smallest absolute Gasteiger partial charge is 1.00 e. The molecule has 0 fully saturated rings. The van der Waals surface area contributed by atoms with Crippen LogP contribution in [-0.4, -0.2) is 13.7 Å². The van der Waals surface area contributed by atoms with Gasteiger partial charge in [-0.15, -0.1) is 0 Å². The summed E-state index contributed by atoms with van der Waals surface area (Å²) in [5.41, 5.74) is 2.99. The summed E-state index contributed by atoms with van der Waals surface area (Å²) in [4.78, 5) is 0. The second-order valence-corrected chi connectivity index (χ2v) is 8.91. The fourth-order valence-electron chi connectivity index (χ4n) is 1.74. The van der Waals surface area contributed by atoms with Crippen LogP contribution in [0, 0.1) is 0 Å². The van der Waals surface area contributed by atoms with Crippen LogP contribution in [0.25, 0.3) is 6.08 Å². The van der Waals surface area contributed by atoms with Crippen molar-refractivity contribution in [2.75, 3.05) is 13.7 Å². The molecule has 1 unspecified atom stereocenters. The number of hydrogen-bond acceptors (Lipinski definition) is 1. The van der Waals surface area contributed by atoms with Gasteiger partial charge >= 0.3 is 96.8 Å². The molecule has 0 saturated heterocycles. The summed E-state index contributed by atoms with van der Waals surface area (Å²) >= 11 is -0.540. The van der Waals surface area contributed by atoms with Gasteiger partial charge in [0, 0.05) is 0 Å². The number of methoxy groups -OCH3 is 1. The third kappa shape index (κ3) is 5.44. The third-order valence-corrected chi connectivity index (χ3v) is 7.63. The molecule has 0 heterocycles. The van der Waals surface area contributed by atoms with Gasteiger partial charge in [0.2, 0.25) is 0 Å². The second kappa shape index (κ2) is 10.6. The molecule has 0 bridgehead atoms. The van der Waals surface area contributed by atoms with Crippen LogP contribution in [0.15, 0.2) is 30.3 Å². The summed E-state index contributed by atoms with van der Waals surface area (Å²) in [6.07, 6.45) is 4.67. The first-order valence-corrected chi connectivity index (χ1v) is 9.53. The maximum atomic E-state index is 5.11. The van der Waals surface area contributed by atoms with Crippen LogP contribution in [0.4, 0.5) is 0 Å². The van der Waals surface area contributed by atoms with Crippen molar-refractivity contribution in [2.24, 2.45) is 0 Å². The number of halogens is 3. The minimum Gasteiger partial charge on any atom is -1.00 e. The molecule has 1 atom stereocenters. The van der Waals surface area contributed by atoms with E-state index in [0.29, 0.717) is 0 Å². The van der Waals surface area contributed by atoms with E-state index in [-0.39, 0.29) is 37.2 Å². The van der Waals surface area contributed by atoms with E-state index in [9.17, 15) is 0 Å². The largest absolute Gasteiger partial charge is 1.00 e.